The van der Waals surface area contributed by atoms with E-state index in [1.165, 1.54) is 5.56 Å². The van der Waals surface area contributed by atoms with Crippen LogP contribution in [-0.2, 0) is 24.5 Å². The molecular weight excluding hydrogens is 314 g/mol. The minimum Gasteiger partial charge on any atom is -0.372 e. The molecule has 1 aliphatic heterocycles. The van der Waals surface area contributed by atoms with Gasteiger partial charge in [-0.25, -0.2) is 4.79 Å². The average molecular weight is 331 g/mol. The van der Waals surface area contributed by atoms with Crippen LogP contribution in [0.1, 0.15) is 35.8 Å². The van der Waals surface area contributed by atoms with E-state index in [1.54, 1.807) is 0 Å². The smallest absolute Gasteiger partial charge is 0.319 e. The molecule has 8 heteroatoms. The summed E-state index contributed by atoms with van der Waals surface area (Å²) in [5.41, 5.74) is 3.06. The minimum absolute atomic E-state index is 0.264. The molecule has 0 atom stereocenters. The van der Waals surface area contributed by atoms with E-state index in [0.29, 0.717) is 30.6 Å². The summed E-state index contributed by atoms with van der Waals surface area (Å²) in [6.07, 6.45) is 2.23. The maximum absolute atomic E-state index is 12.1. The number of aromatic nitrogens is 3. The second-order valence-electron chi connectivity index (χ2n) is 5.83. The van der Waals surface area contributed by atoms with Crippen LogP contribution >= 0.6 is 12.2 Å². The summed E-state index contributed by atoms with van der Waals surface area (Å²) in [6.45, 7) is 1.58. The predicted molar refractivity (Wildman–Crippen MR) is 86.5 cm³/mol. The second-order valence-corrected chi connectivity index (χ2v) is 6.22. The summed E-state index contributed by atoms with van der Waals surface area (Å²) in [6, 6.07) is 5.98. The van der Waals surface area contributed by atoms with Gasteiger partial charge in [0.05, 0.1) is 19.8 Å². The molecule has 1 aliphatic carbocycles. The van der Waals surface area contributed by atoms with E-state index in [2.05, 4.69) is 20.8 Å². The predicted octanol–water partition coefficient (Wildman–Crippen LogP) is 2.63. The number of ether oxygens (including phenoxy) is 1. The lowest BCUT2D eigenvalue weighted by Crippen LogP contribution is -2.29. The quantitative estimate of drug-likeness (QED) is 0.752. The largest absolute Gasteiger partial charge is 0.372 e. The third-order valence-electron chi connectivity index (χ3n) is 4.08. The lowest BCUT2D eigenvalue weighted by atomic mass is 10.1. The van der Waals surface area contributed by atoms with E-state index < -0.39 is 0 Å². The van der Waals surface area contributed by atoms with E-state index >= 15 is 0 Å². The first-order valence-corrected chi connectivity index (χ1v) is 8.02. The molecule has 0 spiro atoms. The highest BCUT2D eigenvalue weighted by molar-refractivity contribution is 7.71. The molecule has 7 nitrogen and oxygen atoms in total. The maximum Gasteiger partial charge on any atom is 0.319 e. The van der Waals surface area contributed by atoms with Crippen molar-refractivity contribution in [2.45, 2.75) is 38.6 Å². The van der Waals surface area contributed by atoms with Crippen molar-refractivity contribution < 1.29 is 9.53 Å². The number of nitrogens with zero attached hydrogens (tertiary/aromatic N) is 2. The van der Waals surface area contributed by atoms with Gasteiger partial charge in [0.1, 0.15) is 0 Å². The van der Waals surface area contributed by atoms with E-state index in [0.717, 1.165) is 29.9 Å². The molecule has 2 amide bonds. The lowest BCUT2D eigenvalue weighted by molar-refractivity contribution is 0.134. The first-order chi connectivity index (χ1) is 11.2. The fourth-order valence-electron chi connectivity index (χ4n) is 2.76. The maximum atomic E-state index is 12.1. The summed E-state index contributed by atoms with van der Waals surface area (Å²) < 4.78 is 7.97. The van der Waals surface area contributed by atoms with Gasteiger partial charge in [-0.05, 0) is 48.3 Å². The van der Waals surface area contributed by atoms with Crippen molar-refractivity contribution in [3.63, 3.8) is 0 Å². The number of benzene rings is 1. The molecule has 1 saturated carbocycles. The molecule has 3 N–H and O–H groups in total. The monoisotopic (exact) mass is 331 g/mol. The first-order valence-electron chi connectivity index (χ1n) is 7.61. The number of hydrogen-bond acceptors (Lipinski definition) is 4. The number of urea groups is 1. The van der Waals surface area contributed by atoms with Crippen LogP contribution < -0.4 is 10.6 Å². The molecule has 1 fully saturated rings. The Morgan fingerprint density at radius 3 is 3.04 bits per heavy atom. The van der Waals surface area contributed by atoms with Crippen molar-refractivity contribution >= 4 is 23.9 Å². The van der Waals surface area contributed by atoms with Gasteiger partial charge < -0.3 is 15.4 Å². The van der Waals surface area contributed by atoms with Crippen LogP contribution in [-0.4, -0.2) is 20.8 Å². The third kappa shape index (κ3) is 2.99. The minimum atomic E-state index is -0.264. The van der Waals surface area contributed by atoms with Crippen molar-refractivity contribution in [1.29, 1.82) is 0 Å². The molecule has 1 aromatic carbocycles. The lowest BCUT2D eigenvalue weighted by Gasteiger charge is -2.09. The summed E-state index contributed by atoms with van der Waals surface area (Å²) in [5, 5.41) is 12.6. The summed E-state index contributed by atoms with van der Waals surface area (Å²) in [5.74, 6) is 0.759. The Morgan fingerprint density at radius 2 is 2.22 bits per heavy atom. The summed E-state index contributed by atoms with van der Waals surface area (Å²) in [7, 11) is 0. The van der Waals surface area contributed by atoms with E-state index in [4.69, 9.17) is 17.0 Å². The Labute approximate surface area is 138 Å². The molecule has 0 bridgehead atoms. The molecule has 120 valence electrons. The van der Waals surface area contributed by atoms with Gasteiger partial charge in [-0.15, -0.1) is 0 Å². The Morgan fingerprint density at radius 1 is 1.39 bits per heavy atom. The van der Waals surface area contributed by atoms with Gasteiger partial charge in [-0.2, -0.15) is 5.10 Å². The normalized spacial score (nSPS) is 16.2. The second kappa shape index (κ2) is 5.78. The van der Waals surface area contributed by atoms with Gasteiger partial charge in [0.2, 0.25) is 0 Å². The zero-order chi connectivity index (χ0) is 15.8. The van der Waals surface area contributed by atoms with Crippen molar-refractivity contribution in [1.82, 2.24) is 20.1 Å². The van der Waals surface area contributed by atoms with E-state index in [1.807, 2.05) is 22.8 Å². The average Bonchev–Trinajstić information content (AvgIpc) is 3.14. The van der Waals surface area contributed by atoms with Gasteiger partial charge >= 0.3 is 6.03 Å². The molecule has 0 unspecified atom stereocenters. The molecule has 0 saturated heterocycles. The van der Waals surface area contributed by atoms with Crippen LogP contribution in [0.5, 0.6) is 0 Å². The Hall–Kier alpha value is -2.19. The molecule has 2 heterocycles. The van der Waals surface area contributed by atoms with Crippen molar-refractivity contribution in [3.8, 4) is 0 Å². The zero-order valence-corrected chi connectivity index (χ0v) is 13.3. The van der Waals surface area contributed by atoms with E-state index in [9.17, 15) is 4.79 Å². The van der Waals surface area contributed by atoms with Crippen molar-refractivity contribution in [2.75, 3.05) is 5.32 Å². The van der Waals surface area contributed by atoms with Crippen LogP contribution in [0.2, 0.25) is 0 Å². The fourth-order valence-corrected chi connectivity index (χ4v) is 3.06. The van der Waals surface area contributed by atoms with Crippen LogP contribution in [0.4, 0.5) is 10.5 Å². The number of H-pyrrole nitrogens is 1. The molecule has 23 heavy (non-hydrogen) atoms. The summed E-state index contributed by atoms with van der Waals surface area (Å²) in [4.78, 5) is 12.1. The summed E-state index contributed by atoms with van der Waals surface area (Å²) >= 11 is 5.22. The molecule has 2 aliphatic rings. The molecular formula is C15H17N5O2S. The van der Waals surface area contributed by atoms with Crippen LogP contribution in [0.15, 0.2) is 18.2 Å². The van der Waals surface area contributed by atoms with Gasteiger partial charge in [0, 0.05) is 11.7 Å². The van der Waals surface area contributed by atoms with E-state index in [-0.39, 0.29) is 6.03 Å². The number of nitrogens with one attached hydrogen (secondary N) is 3. The number of fused-ring (bicyclic) bond motifs is 1. The first kappa shape index (κ1) is 14.4. The zero-order valence-electron chi connectivity index (χ0n) is 12.5. The third-order valence-corrected chi connectivity index (χ3v) is 4.36. The van der Waals surface area contributed by atoms with Gasteiger partial charge in [0.15, 0.2) is 10.6 Å². The highest BCUT2D eigenvalue weighted by atomic mass is 32.1. The Bertz CT molecular complexity index is 808. The van der Waals surface area contributed by atoms with Crippen LogP contribution in [0.25, 0.3) is 0 Å². The number of anilines is 1. The Balaban J connectivity index is 1.38. The molecule has 0 radical (unpaired) electrons. The number of amides is 2. The van der Waals surface area contributed by atoms with Crippen molar-refractivity contribution in [3.05, 3.63) is 39.9 Å². The molecule has 4 rings (SSSR count). The van der Waals surface area contributed by atoms with Crippen LogP contribution in [0, 0.1) is 4.77 Å². The molecule has 2 aromatic rings. The number of rotatable bonds is 4. The topological polar surface area (TPSA) is 84.0 Å². The van der Waals surface area contributed by atoms with Gasteiger partial charge in [-0.3, -0.25) is 9.67 Å². The number of hydrogen-bond donors (Lipinski definition) is 3. The fraction of sp³-hybridized carbons (Fsp3) is 0.400. The number of carbonyl (C=O) groups excluding carboxylic acids is 1. The molecule has 1 aromatic heterocycles. The standard InChI is InChI=1S/C15H17N5O2S/c21-14(17-11-2-1-9-7-22-8-10(9)5-11)16-6-13-18-19-15(23)20(13)12-3-4-12/h1-2,5,12H,3-4,6-8H2,(H,19,23)(H2,16,17,21). The highest BCUT2D eigenvalue weighted by Crippen LogP contribution is 2.35. The van der Waals surface area contributed by atoms with Gasteiger partial charge in [-0.1, -0.05) is 6.07 Å². The number of carbonyl (C=O) groups is 1. The highest BCUT2D eigenvalue weighted by Gasteiger charge is 2.27. The van der Waals surface area contributed by atoms with Gasteiger partial charge in [0.25, 0.3) is 0 Å². The van der Waals surface area contributed by atoms with Crippen molar-refractivity contribution in [2.24, 2.45) is 0 Å². The SMILES string of the molecule is O=C(NCc1n[nH]c(=S)n1C1CC1)Nc1ccc2c(c1)COC2. The number of aromatic amines is 1. The Kier molecular flexibility index (Phi) is 3.62. The van der Waals surface area contributed by atoms with Crippen LogP contribution in [0.3, 0.4) is 0 Å².